The van der Waals surface area contributed by atoms with Crippen LogP contribution < -0.4 is 9.46 Å². The lowest BCUT2D eigenvalue weighted by Crippen LogP contribution is -2.24. The van der Waals surface area contributed by atoms with Gasteiger partial charge < -0.3 is 4.74 Å². The van der Waals surface area contributed by atoms with Crippen LogP contribution in [0.1, 0.15) is 19.8 Å². The molecule has 1 N–H and O–H groups in total. The number of nitrogens with one attached hydrogen (secondary N) is 1. The molecule has 0 bridgehead atoms. The van der Waals surface area contributed by atoms with Gasteiger partial charge in [-0.1, -0.05) is 24.9 Å². The topological polar surface area (TPSA) is 55.4 Å². The molecular weight excluding hydrogens is 300 g/mol. The van der Waals surface area contributed by atoms with E-state index in [0.29, 0.717) is 13.0 Å². The number of hydrogen-bond acceptors (Lipinski definition) is 3. The van der Waals surface area contributed by atoms with Gasteiger partial charge in [0.2, 0.25) is 10.0 Å². The molecule has 1 aromatic carbocycles. The Kier molecular flexibility index (Phi) is 5.96. The van der Waals surface area contributed by atoms with E-state index in [1.54, 1.807) is 0 Å². The van der Waals surface area contributed by atoms with Crippen molar-refractivity contribution in [2.24, 2.45) is 0 Å². The Labute approximate surface area is 115 Å². The van der Waals surface area contributed by atoms with Gasteiger partial charge in [0.25, 0.3) is 0 Å². The number of alkyl halides is 2. The van der Waals surface area contributed by atoms with Gasteiger partial charge in [0.1, 0.15) is 5.75 Å². The van der Waals surface area contributed by atoms with Crippen molar-refractivity contribution < 1.29 is 21.9 Å². The minimum Gasteiger partial charge on any atom is -0.433 e. The van der Waals surface area contributed by atoms with Crippen molar-refractivity contribution in [1.82, 2.24) is 4.72 Å². The van der Waals surface area contributed by atoms with Crippen molar-refractivity contribution in [2.75, 3.05) is 6.54 Å². The van der Waals surface area contributed by atoms with Gasteiger partial charge >= 0.3 is 6.61 Å². The molecule has 0 aliphatic heterocycles. The molecule has 0 heterocycles. The minimum atomic E-state index is -3.68. The summed E-state index contributed by atoms with van der Waals surface area (Å²) in [6.45, 7) is -0.768. The average Bonchev–Trinajstić information content (AvgIpc) is 2.31. The lowest BCUT2D eigenvalue weighted by Gasteiger charge is -2.09. The molecule has 0 amide bonds. The van der Waals surface area contributed by atoms with Gasteiger partial charge in [0, 0.05) is 6.54 Å². The minimum absolute atomic E-state index is 0.0878. The third-order valence-electron chi connectivity index (χ3n) is 2.25. The van der Waals surface area contributed by atoms with Crippen LogP contribution in [-0.2, 0) is 10.0 Å². The fraction of sp³-hybridized carbons (Fsp3) is 0.455. The number of benzene rings is 1. The average molecular weight is 314 g/mol. The summed E-state index contributed by atoms with van der Waals surface area (Å²) in [4.78, 5) is -0.0878. The van der Waals surface area contributed by atoms with Gasteiger partial charge in [-0.3, -0.25) is 0 Å². The molecule has 0 fully saturated rings. The van der Waals surface area contributed by atoms with Crippen molar-refractivity contribution in [3.8, 4) is 5.75 Å². The predicted molar refractivity (Wildman–Crippen MR) is 68.2 cm³/mol. The van der Waals surface area contributed by atoms with Gasteiger partial charge in [-0.05, 0) is 24.6 Å². The van der Waals surface area contributed by atoms with Crippen molar-refractivity contribution in [2.45, 2.75) is 31.3 Å². The van der Waals surface area contributed by atoms with Crippen LogP contribution in [0.25, 0.3) is 0 Å². The molecule has 19 heavy (non-hydrogen) atoms. The molecule has 0 saturated heterocycles. The van der Waals surface area contributed by atoms with Crippen LogP contribution in [0.4, 0.5) is 8.78 Å². The van der Waals surface area contributed by atoms with Crippen molar-refractivity contribution in [1.29, 1.82) is 0 Å². The van der Waals surface area contributed by atoms with Gasteiger partial charge in [-0.15, -0.1) is 0 Å². The Bertz CT molecular complexity index is 523. The Morgan fingerprint density at radius 3 is 2.63 bits per heavy atom. The SMILES string of the molecule is CCCCNS(=O)(=O)c1ccc(OC(F)F)c(Cl)c1. The van der Waals surface area contributed by atoms with E-state index >= 15 is 0 Å². The zero-order valence-electron chi connectivity index (χ0n) is 10.2. The first-order chi connectivity index (χ1) is 8.86. The molecule has 108 valence electrons. The van der Waals surface area contributed by atoms with E-state index in [-0.39, 0.29) is 15.7 Å². The molecule has 4 nitrogen and oxygen atoms in total. The van der Waals surface area contributed by atoms with Crippen molar-refractivity contribution >= 4 is 21.6 Å². The molecule has 0 aliphatic carbocycles. The summed E-state index contributed by atoms with van der Waals surface area (Å²) in [5, 5.41) is -0.182. The number of unbranched alkanes of at least 4 members (excludes halogenated alkanes) is 1. The summed E-state index contributed by atoms with van der Waals surface area (Å²) in [7, 11) is -3.68. The van der Waals surface area contributed by atoms with E-state index in [9.17, 15) is 17.2 Å². The van der Waals surface area contributed by atoms with E-state index < -0.39 is 16.6 Å². The van der Waals surface area contributed by atoms with Crippen LogP contribution in [0, 0.1) is 0 Å². The van der Waals surface area contributed by atoms with Crippen LogP contribution in [-0.4, -0.2) is 21.6 Å². The highest BCUT2D eigenvalue weighted by atomic mass is 35.5. The van der Waals surface area contributed by atoms with Gasteiger partial charge in [0.05, 0.1) is 9.92 Å². The van der Waals surface area contributed by atoms with E-state index in [4.69, 9.17) is 11.6 Å². The quantitative estimate of drug-likeness (QED) is 0.787. The number of sulfonamides is 1. The number of ether oxygens (including phenoxy) is 1. The fourth-order valence-electron chi connectivity index (χ4n) is 1.31. The predicted octanol–water partition coefficient (Wildman–Crippen LogP) is 3.02. The van der Waals surface area contributed by atoms with Crippen LogP contribution in [0.2, 0.25) is 5.02 Å². The Morgan fingerprint density at radius 2 is 2.11 bits per heavy atom. The second-order valence-electron chi connectivity index (χ2n) is 3.72. The molecule has 0 unspecified atom stereocenters. The second-order valence-corrected chi connectivity index (χ2v) is 5.90. The van der Waals surface area contributed by atoms with E-state index in [0.717, 1.165) is 24.6 Å². The summed E-state index contributed by atoms with van der Waals surface area (Å²) in [5.41, 5.74) is 0. The lowest BCUT2D eigenvalue weighted by atomic mass is 10.3. The summed E-state index contributed by atoms with van der Waals surface area (Å²) >= 11 is 5.69. The maximum Gasteiger partial charge on any atom is 0.387 e. The van der Waals surface area contributed by atoms with Crippen molar-refractivity contribution in [3.05, 3.63) is 23.2 Å². The van der Waals surface area contributed by atoms with E-state index in [1.807, 2.05) is 6.92 Å². The number of rotatable bonds is 7. The molecule has 0 saturated carbocycles. The normalized spacial score (nSPS) is 11.8. The van der Waals surface area contributed by atoms with E-state index in [2.05, 4.69) is 9.46 Å². The molecule has 8 heteroatoms. The fourth-order valence-corrected chi connectivity index (χ4v) is 2.70. The standard InChI is InChI=1S/C11H14ClF2NO3S/c1-2-3-6-15-19(16,17)8-4-5-10(9(12)7-8)18-11(13)14/h4-5,7,11,15H,2-3,6H2,1H3. The summed E-state index contributed by atoms with van der Waals surface area (Å²) in [5.74, 6) is -0.260. The van der Waals surface area contributed by atoms with Crippen LogP contribution in [0.15, 0.2) is 23.1 Å². The molecular formula is C11H14ClF2NO3S. The highest BCUT2D eigenvalue weighted by Gasteiger charge is 2.16. The molecule has 1 rings (SSSR count). The first-order valence-corrected chi connectivity index (χ1v) is 7.47. The molecule has 0 aliphatic rings. The summed E-state index contributed by atoms with van der Waals surface area (Å²) in [6, 6.07) is 3.34. The Morgan fingerprint density at radius 1 is 1.42 bits per heavy atom. The molecule has 0 atom stereocenters. The first kappa shape index (κ1) is 16.1. The molecule has 1 aromatic rings. The van der Waals surface area contributed by atoms with Gasteiger partial charge in [-0.25, -0.2) is 13.1 Å². The monoisotopic (exact) mass is 313 g/mol. The zero-order valence-corrected chi connectivity index (χ0v) is 11.8. The first-order valence-electron chi connectivity index (χ1n) is 5.61. The maximum atomic E-state index is 12.0. The molecule has 0 spiro atoms. The summed E-state index contributed by atoms with van der Waals surface area (Å²) in [6.07, 6.45) is 1.56. The largest absolute Gasteiger partial charge is 0.433 e. The highest BCUT2D eigenvalue weighted by molar-refractivity contribution is 7.89. The lowest BCUT2D eigenvalue weighted by molar-refractivity contribution is -0.0498. The van der Waals surface area contributed by atoms with E-state index in [1.165, 1.54) is 0 Å². The third kappa shape index (κ3) is 4.93. The summed E-state index contributed by atoms with van der Waals surface area (Å²) < 4.78 is 54.2. The maximum absolute atomic E-state index is 12.0. The van der Waals surface area contributed by atoms with Crippen molar-refractivity contribution in [3.63, 3.8) is 0 Å². The second kappa shape index (κ2) is 7.02. The zero-order chi connectivity index (χ0) is 14.5. The third-order valence-corrected chi connectivity index (χ3v) is 4.01. The number of hydrogen-bond donors (Lipinski definition) is 1. The smallest absolute Gasteiger partial charge is 0.387 e. The van der Waals surface area contributed by atoms with Crippen LogP contribution >= 0.6 is 11.6 Å². The van der Waals surface area contributed by atoms with Gasteiger partial charge in [-0.2, -0.15) is 8.78 Å². The molecule has 0 aromatic heterocycles. The number of halogens is 3. The van der Waals surface area contributed by atoms with Crippen LogP contribution in [0.3, 0.4) is 0 Å². The Balaban J connectivity index is 2.87. The molecule has 0 radical (unpaired) electrons. The van der Waals surface area contributed by atoms with Gasteiger partial charge in [0.15, 0.2) is 0 Å². The highest BCUT2D eigenvalue weighted by Crippen LogP contribution is 2.28. The van der Waals surface area contributed by atoms with Crippen LogP contribution in [0.5, 0.6) is 5.75 Å². The Hall–Kier alpha value is -0.920.